The van der Waals surface area contributed by atoms with Crippen LogP contribution in [0, 0.1) is 6.92 Å². The molecule has 0 amide bonds. The topological polar surface area (TPSA) is 109 Å². The number of nitrogens with zero attached hydrogens (tertiary/aromatic N) is 1. The molecule has 0 aliphatic heterocycles. The van der Waals surface area contributed by atoms with E-state index in [2.05, 4.69) is 0 Å². The molecule has 0 radical (unpaired) electrons. The van der Waals surface area contributed by atoms with Gasteiger partial charge in [-0.05, 0) is 18.6 Å². The lowest BCUT2D eigenvalue weighted by Gasteiger charge is -2.25. The lowest BCUT2D eigenvalue weighted by molar-refractivity contribution is -0.136. The minimum Gasteiger partial charge on any atom is -0.481 e. The van der Waals surface area contributed by atoms with Crippen molar-refractivity contribution in [3.8, 4) is 0 Å². The molecule has 0 aliphatic rings. The van der Waals surface area contributed by atoms with E-state index in [-0.39, 0.29) is 12.2 Å². The molecule has 0 heterocycles. The van der Waals surface area contributed by atoms with Crippen molar-refractivity contribution in [1.29, 1.82) is 0 Å². The van der Waals surface area contributed by atoms with Crippen molar-refractivity contribution in [2.45, 2.75) is 13.3 Å². The first kappa shape index (κ1) is 17.4. The lowest BCUT2D eigenvalue weighted by atomic mass is 10.2. The third kappa shape index (κ3) is 5.35. The van der Waals surface area contributed by atoms with Crippen LogP contribution in [0.2, 0.25) is 0 Å². The van der Waals surface area contributed by atoms with Crippen LogP contribution in [0.15, 0.2) is 24.3 Å². The predicted octanol–water partition coefficient (Wildman–Crippen LogP) is 0.608. The van der Waals surface area contributed by atoms with E-state index in [1.807, 2.05) is 0 Å². The van der Waals surface area contributed by atoms with E-state index in [0.717, 1.165) is 10.6 Å². The minimum absolute atomic E-state index is 0.280. The maximum Gasteiger partial charge on any atom is 0.305 e. The number of sulfone groups is 1. The summed E-state index contributed by atoms with van der Waals surface area (Å²) >= 11 is 0. The molecule has 1 aromatic carbocycles. The number of carboxylic acid groups (broad SMARTS) is 1. The Labute approximate surface area is 124 Å². The van der Waals surface area contributed by atoms with E-state index in [1.54, 1.807) is 25.1 Å². The highest BCUT2D eigenvalue weighted by atomic mass is 32.3. The molecule has 0 bridgehead atoms. The Balaban J connectivity index is 3.26. The molecule has 1 aromatic rings. The number of carboxylic acids is 1. The maximum absolute atomic E-state index is 12.3. The van der Waals surface area contributed by atoms with Crippen LogP contribution in [0.25, 0.3) is 0 Å². The fourth-order valence-electron chi connectivity index (χ4n) is 1.78. The number of para-hydroxylation sites is 1. The van der Waals surface area contributed by atoms with Gasteiger partial charge in [0.1, 0.15) is 0 Å². The lowest BCUT2D eigenvalue weighted by Crippen LogP contribution is -2.37. The predicted molar refractivity (Wildman–Crippen MR) is 79.4 cm³/mol. The molecule has 1 N–H and O–H groups in total. The molecule has 0 fully saturated rings. The van der Waals surface area contributed by atoms with Crippen molar-refractivity contribution in [3.05, 3.63) is 29.8 Å². The smallest absolute Gasteiger partial charge is 0.305 e. The highest BCUT2D eigenvalue weighted by molar-refractivity contribution is 8.08. The normalized spacial score (nSPS) is 12.1. The molecule has 1 rings (SSSR count). The van der Waals surface area contributed by atoms with Crippen molar-refractivity contribution in [1.82, 2.24) is 0 Å². The van der Waals surface area contributed by atoms with E-state index < -0.39 is 37.3 Å². The molecule has 0 spiro atoms. The molecule has 9 heteroatoms. The van der Waals surface area contributed by atoms with Gasteiger partial charge in [0.15, 0.2) is 14.9 Å². The zero-order valence-electron chi connectivity index (χ0n) is 11.7. The quantitative estimate of drug-likeness (QED) is 0.782. The van der Waals surface area contributed by atoms with Crippen LogP contribution < -0.4 is 4.31 Å². The van der Waals surface area contributed by atoms with Gasteiger partial charge >= 0.3 is 5.97 Å². The largest absolute Gasteiger partial charge is 0.481 e. The number of hydrogen-bond donors (Lipinski definition) is 1. The first-order valence-corrected chi connectivity index (χ1v) is 9.65. The number of aryl methyl sites for hydroxylation is 1. The van der Waals surface area contributed by atoms with Gasteiger partial charge in [-0.1, -0.05) is 18.2 Å². The molecule has 0 aromatic heterocycles. The van der Waals surface area contributed by atoms with E-state index >= 15 is 0 Å². The summed E-state index contributed by atoms with van der Waals surface area (Å²) in [6.45, 7) is 1.34. The highest BCUT2D eigenvalue weighted by Gasteiger charge is 2.28. The van der Waals surface area contributed by atoms with Gasteiger partial charge < -0.3 is 5.11 Å². The van der Waals surface area contributed by atoms with Crippen LogP contribution in [0.3, 0.4) is 0 Å². The number of sulfonamides is 1. The van der Waals surface area contributed by atoms with Crippen LogP contribution in [-0.2, 0) is 24.7 Å². The van der Waals surface area contributed by atoms with Gasteiger partial charge in [0.2, 0.25) is 10.0 Å². The molecule has 0 saturated heterocycles. The molecular weight excluding hydrogens is 318 g/mol. The van der Waals surface area contributed by atoms with Gasteiger partial charge in [-0.3, -0.25) is 9.10 Å². The summed E-state index contributed by atoms with van der Waals surface area (Å²) in [4.78, 5) is 10.7. The van der Waals surface area contributed by atoms with Crippen molar-refractivity contribution in [2.75, 3.05) is 22.2 Å². The van der Waals surface area contributed by atoms with Gasteiger partial charge in [0, 0.05) is 12.8 Å². The van der Waals surface area contributed by atoms with Crippen molar-refractivity contribution in [2.24, 2.45) is 0 Å². The Morgan fingerprint density at radius 1 is 1.19 bits per heavy atom. The van der Waals surface area contributed by atoms with Crippen molar-refractivity contribution < 1.29 is 26.7 Å². The summed E-state index contributed by atoms with van der Waals surface area (Å²) in [5, 5.41) is 7.68. The first-order chi connectivity index (χ1) is 9.53. The Bertz CT molecular complexity index is 724. The summed E-state index contributed by atoms with van der Waals surface area (Å²) in [5.74, 6) is -1.16. The van der Waals surface area contributed by atoms with E-state index in [1.165, 1.54) is 6.07 Å². The molecule has 21 heavy (non-hydrogen) atoms. The zero-order valence-corrected chi connectivity index (χ0v) is 13.3. The Hall–Kier alpha value is -1.61. The Kier molecular flexibility index (Phi) is 5.35. The Morgan fingerprint density at radius 2 is 1.76 bits per heavy atom. The third-order valence-corrected chi connectivity index (χ3v) is 6.57. The van der Waals surface area contributed by atoms with E-state index in [4.69, 9.17) is 5.11 Å². The van der Waals surface area contributed by atoms with Crippen molar-refractivity contribution >= 4 is 31.5 Å². The second-order valence-electron chi connectivity index (χ2n) is 4.66. The summed E-state index contributed by atoms with van der Waals surface area (Å²) in [5.41, 5.74) is 0.891. The molecular formula is C12H17NO6S2. The SMILES string of the molecule is Cc1ccccc1N(CCC(=O)O)S(=O)(=O)CS(C)(=O)=O. The number of carbonyl (C=O) groups is 1. The minimum atomic E-state index is -4.17. The molecule has 0 saturated carbocycles. The number of benzene rings is 1. The van der Waals surface area contributed by atoms with Crippen LogP contribution in [0.1, 0.15) is 12.0 Å². The Morgan fingerprint density at radius 3 is 2.24 bits per heavy atom. The molecule has 7 nitrogen and oxygen atoms in total. The average Bonchev–Trinajstić information content (AvgIpc) is 2.27. The molecule has 0 unspecified atom stereocenters. The van der Waals surface area contributed by atoms with Gasteiger partial charge in [-0.25, -0.2) is 16.8 Å². The monoisotopic (exact) mass is 335 g/mol. The van der Waals surface area contributed by atoms with Gasteiger partial charge in [0.25, 0.3) is 0 Å². The molecule has 0 aliphatic carbocycles. The standard InChI is InChI=1S/C12H17NO6S2/c1-10-5-3-4-6-11(10)13(8-7-12(14)15)21(18,19)9-20(2,16)17/h3-6H,7-9H2,1-2H3,(H,14,15). The third-order valence-electron chi connectivity index (χ3n) is 2.61. The zero-order chi connectivity index (χ0) is 16.3. The van der Waals surface area contributed by atoms with Gasteiger partial charge in [0.05, 0.1) is 12.1 Å². The first-order valence-electron chi connectivity index (χ1n) is 5.98. The highest BCUT2D eigenvalue weighted by Crippen LogP contribution is 2.23. The average molecular weight is 335 g/mol. The summed E-state index contributed by atoms with van der Waals surface area (Å²) in [6, 6.07) is 6.49. The summed E-state index contributed by atoms with van der Waals surface area (Å²) in [6.07, 6.45) is 0.398. The van der Waals surface area contributed by atoms with Crippen LogP contribution in [0.5, 0.6) is 0 Å². The summed E-state index contributed by atoms with van der Waals surface area (Å²) < 4.78 is 47.9. The molecule has 118 valence electrons. The van der Waals surface area contributed by atoms with Crippen molar-refractivity contribution in [3.63, 3.8) is 0 Å². The van der Waals surface area contributed by atoms with Gasteiger partial charge in [-0.2, -0.15) is 0 Å². The summed E-state index contributed by atoms with van der Waals surface area (Å²) in [7, 11) is -7.93. The number of rotatable bonds is 7. The van der Waals surface area contributed by atoms with E-state index in [9.17, 15) is 21.6 Å². The second kappa shape index (κ2) is 6.44. The fourth-order valence-corrected chi connectivity index (χ4v) is 5.33. The van der Waals surface area contributed by atoms with Crippen LogP contribution in [0.4, 0.5) is 5.69 Å². The maximum atomic E-state index is 12.3. The van der Waals surface area contributed by atoms with Crippen LogP contribution >= 0.6 is 0 Å². The number of aliphatic carboxylic acids is 1. The van der Waals surface area contributed by atoms with Gasteiger partial charge in [-0.15, -0.1) is 0 Å². The number of hydrogen-bond acceptors (Lipinski definition) is 5. The molecule has 0 atom stereocenters. The fraction of sp³-hybridized carbons (Fsp3) is 0.417. The number of anilines is 1. The second-order valence-corrected chi connectivity index (χ2v) is 9.06. The van der Waals surface area contributed by atoms with Crippen LogP contribution in [-0.4, -0.2) is 45.8 Å². The van der Waals surface area contributed by atoms with E-state index in [0.29, 0.717) is 5.56 Å².